The predicted molar refractivity (Wildman–Crippen MR) is 123 cm³/mol. The van der Waals surface area contributed by atoms with Gasteiger partial charge in [0.1, 0.15) is 12.6 Å². The van der Waals surface area contributed by atoms with E-state index in [0.29, 0.717) is 12.8 Å². The summed E-state index contributed by atoms with van der Waals surface area (Å²) < 4.78 is 10.7. The largest absolute Gasteiger partial charge is 0.467 e. The fourth-order valence-electron chi connectivity index (χ4n) is 4.38. The molecule has 1 atom stereocenters. The summed E-state index contributed by atoms with van der Waals surface area (Å²) in [6, 6.07) is 25.5. The van der Waals surface area contributed by atoms with Crippen molar-refractivity contribution in [2.75, 3.05) is 20.8 Å². The third-order valence-electron chi connectivity index (χ3n) is 6.11. The quantitative estimate of drug-likeness (QED) is 0.494. The van der Waals surface area contributed by atoms with Crippen LogP contribution < -0.4 is 0 Å². The van der Waals surface area contributed by atoms with Crippen molar-refractivity contribution in [2.45, 2.75) is 24.8 Å². The van der Waals surface area contributed by atoms with Crippen molar-refractivity contribution in [1.82, 2.24) is 4.90 Å². The number of aryl methyl sites for hydroxylation is 1. The second-order valence-corrected chi connectivity index (χ2v) is 7.98. The Morgan fingerprint density at radius 3 is 2.03 bits per heavy atom. The fraction of sp³-hybridized carbons (Fsp3) is 0.259. The fourth-order valence-corrected chi connectivity index (χ4v) is 4.38. The lowest BCUT2D eigenvalue weighted by molar-refractivity contribution is -0.146. The van der Waals surface area contributed by atoms with E-state index in [9.17, 15) is 9.59 Å². The van der Waals surface area contributed by atoms with Gasteiger partial charge < -0.3 is 9.47 Å². The van der Waals surface area contributed by atoms with Crippen molar-refractivity contribution in [3.05, 3.63) is 95.6 Å². The summed E-state index contributed by atoms with van der Waals surface area (Å²) in [5.74, 6) is -0.474. The molecule has 0 radical (unpaired) electrons. The van der Waals surface area contributed by atoms with Gasteiger partial charge in [0.25, 0.3) is 0 Å². The van der Waals surface area contributed by atoms with Crippen molar-refractivity contribution < 1.29 is 19.1 Å². The maximum atomic E-state index is 12.9. The van der Waals surface area contributed by atoms with Crippen molar-refractivity contribution >= 4 is 12.1 Å². The Bertz CT molecular complexity index is 1050. The number of esters is 1. The molecule has 0 aliphatic heterocycles. The highest BCUT2D eigenvalue weighted by molar-refractivity contribution is 5.82. The average molecular weight is 430 g/mol. The van der Waals surface area contributed by atoms with E-state index in [-0.39, 0.29) is 12.5 Å². The summed E-state index contributed by atoms with van der Waals surface area (Å²) >= 11 is 0. The summed E-state index contributed by atoms with van der Waals surface area (Å²) in [7, 11) is 2.93. The Morgan fingerprint density at radius 1 is 0.875 bits per heavy atom. The standard InChI is InChI=1S/C27H27NO4/c1-28(25(26(29)31-2)17-16-19-10-4-3-5-11-19)27(30)32-18-24-22-14-8-6-12-20(22)21-13-7-9-15-23(21)24/h3-15,24-25H,16-18H2,1-2H3/t25-/m0/s1. The number of ether oxygens (including phenoxy) is 2. The van der Waals surface area contributed by atoms with Crippen LogP contribution in [0.5, 0.6) is 0 Å². The number of methoxy groups -OCH3 is 1. The molecule has 164 valence electrons. The highest BCUT2D eigenvalue weighted by atomic mass is 16.6. The summed E-state index contributed by atoms with van der Waals surface area (Å²) in [6.45, 7) is 0.212. The number of hydrogen-bond acceptors (Lipinski definition) is 4. The van der Waals surface area contributed by atoms with Crippen LogP contribution in [-0.2, 0) is 20.7 Å². The lowest BCUT2D eigenvalue weighted by atomic mass is 9.98. The zero-order chi connectivity index (χ0) is 22.5. The molecule has 4 rings (SSSR count). The number of nitrogens with zero attached hydrogens (tertiary/aromatic N) is 1. The molecule has 1 aliphatic carbocycles. The Hall–Kier alpha value is -3.60. The number of benzene rings is 3. The third-order valence-corrected chi connectivity index (χ3v) is 6.11. The molecule has 3 aromatic carbocycles. The molecule has 3 aromatic rings. The third kappa shape index (κ3) is 4.37. The highest BCUT2D eigenvalue weighted by Gasteiger charge is 2.32. The van der Waals surface area contributed by atoms with Crippen LogP contribution in [0.15, 0.2) is 78.9 Å². The summed E-state index contributed by atoms with van der Waals surface area (Å²) in [5.41, 5.74) is 5.75. The van der Waals surface area contributed by atoms with Crippen LogP contribution >= 0.6 is 0 Å². The molecule has 0 unspecified atom stereocenters. The Balaban J connectivity index is 1.45. The molecule has 0 saturated heterocycles. The minimum atomic E-state index is -0.712. The summed E-state index contributed by atoms with van der Waals surface area (Å²) in [5, 5.41) is 0. The first kappa shape index (κ1) is 21.6. The first-order valence-corrected chi connectivity index (χ1v) is 10.8. The minimum Gasteiger partial charge on any atom is -0.467 e. The Morgan fingerprint density at radius 2 is 1.44 bits per heavy atom. The molecule has 0 N–H and O–H groups in total. The maximum Gasteiger partial charge on any atom is 0.410 e. The van der Waals surface area contributed by atoms with Gasteiger partial charge in [-0.15, -0.1) is 0 Å². The van der Waals surface area contributed by atoms with E-state index in [1.807, 2.05) is 54.6 Å². The van der Waals surface area contributed by atoms with Crippen LogP contribution in [0.25, 0.3) is 11.1 Å². The number of hydrogen-bond donors (Lipinski definition) is 0. The second kappa shape index (κ2) is 9.69. The molecular formula is C27H27NO4. The van der Waals surface area contributed by atoms with Crippen molar-refractivity contribution in [1.29, 1.82) is 0 Å². The van der Waals surface area contributed by atoms with Gasteiger partial charge in [-0.1, -0.05) is 78.9 Å². The number of amides is 1. The summed E-state index contributed by atoms with van der Waals surface area (Å²) in [6.07, 6.45) is 0.578. The lowest BCUT2D eigenvalue weighted by Crippen LogP contribution is -2.44. The molecule has 0 bridgehead atoms. The predicted octanol–water partition coefficient (Wildman–Crippen LogP) is 5.04. The van der Waals surface area contributed by atoms with Crippen molar-refractivity contribution in [2.24, 2.45) is 0 Å². The molecule has 1 amide bonds. The molecule has 5 heteroatoms. The number of carbonyl (C=O) groups is 2. The van der Waals surface area contributed by atoms with E-state index in [2.05, 4.69) is 24.3 Å². The van der Waals surface area contributed by atoms with Crippen LogP contribution in [0.3, 0.4) is 0 Å². The summed E-state index contributed by atoms with van der Waals surface area (Å²) in [4.78, 5) is 26.6. The topological polar surface area (TPSA) is 55.8 Å². The number of carbonyl (C=O) groups excluding carboxylic acids is 2. The molecule has 0 saturated carbocycles. The molecule has 5 nitrogen and oxygen atoms in total. The van der Waals surface area contributed by atoms with E-state index in [0.717, 1.165) is 16.7 Å². The zero-order valence-electron chi connectivity index (χ0n) is 18.4. The van der Waals surface area contributed by atoms with Crippen LogP contribution in [0.4, 0.5) is 4.79 Å². The van der Waals surface area contributed by atoms with E-state index in [1.54, 1.807) is 7.05 Å². The van der Waals surface area contributed by atoms with E-state index >= 15 is 0 Å². The number of likely N-dealkylation sites (N-methyl/N-ethyl adjacent to an activating group) is 1. The molecular weight excluding hydrogens is 402 g/mol. The van der Waals surface area contributed by atoms with Crippen molar-refractivity contribution in [3.8, 4) is 11.1 Å². The molecule has 0 spiro atoms. The van der Waals surface area contributed by atoms with Gasteiger partial charge in [-0.2, -0.15) is 0 Å². The van der Waals surface area contributed by atoms with Crippen LogP contribution in [0.1, 0.15) is 29.0 Å². The first-order chi connectivity index (χ1) is 15.6. The van der Waals surface area contributed by atoms with Gasteiger partial charge in [0, 0.05) is 13.0 Å². The number of fused-ring (bicyclic) bond motifs is 3. The van der Waals surface area contributed by atoms with Crippen LogP contribution in [0, 0.1) is 0 Å². The Labute approximate surface area is 188 Å². The van der Waals surface area contributed by atoms with Gasteiger partial charge in [-0.25, -0.2) is 9.59 Å². The minimum absolute atomic E-state index is 0.0272. The molecule has 0 heterocycles. The molecule has 0 aromatic heterocycles. The van der Waals surface area contributed by atoms with Gasteiger partial charge >= 0.3 is 12.1 Å². The second-order valence-electron chi connectivity index (χ2n) is 7.98. The van der Waals surface area contributed by atoms with Gasteiger partial charge in [-0.3, -0.25) is 4.90 Å². The molecule has 1 aliphatic rings. The highest BCUT2D eigenvalue weighted by Crippen LogP contribution is 2.44. The smallest absolute Gasteiger partial charge is 0.410 e. The zero-order valence-corrected chi connectivity index (χ0v) is 18.4. The first-order valence-electron chi connectivity index (χ1n) is 10.8. The average Bonchev–Trinajstić information content (AvgIpc) is 3.16. The normalized spacial score (nSPS) is 13.1. The molecule has 32 heavy (non-hydrogen) atoms. The van der Waals surface area contributed by atoms with E-state index in [1.165, 1.54) is 23.1 Å². The van der Waals surface area contributed by atoms with Crippen LogP contribution in [-0.4, -0.2) is 43.8 Å². The SMILES string of the molecule is COC(=O)[C@H](CCc1ccccc1)N(C)C(=O)OCC1c2ccccc2-c2ccccc21. The van der Waals surface area contributed by atoms with Gasteiger partial charge in [0.2, 0.25) is 0 Å². The van der Waals surface area contributed by atoms with Crippen molar-refractivity contribution in [3.63, 3.8) is 0 Å². The van der Waals surface area contributed by atoms with Gasteiger partial charge in [-0.05, 0) is 40.7 Å². The van der Waals surface area contributed by atoms with Gasteiger partial charge in [0.15, 0.2) is 0 Å². The van der Waals surface area contributed by atoms with Gasteiger partial charge in [0.05, 0.1) is 7.11 Å². The number of rotatable bonds is 7. The lowest BCUT2D eigenvalue weighted by Gasteiger charge is -2.26. The maximum absolute atomic E-state index is 12.9. The van der Waals surface area contributed by atoms with Crippen LogP contribution in [0.2, 0.25) is 0 Å². The Kier molecular flexibility index (Phi) is 6.55. The van der Waals surface area contributed by atoms with E-state index in [4.69, 9.17) is 9.47 Å². The monoisotopic (exact) mass is 429 g/mol. The van der Waals surface area contributed by atoms with E-state index < -0.39 is 18.1 Å². The molecule has 0 fully saturated rings.